The Morgan fingerprint density at radius 3 is 2.46 bits per heavy atom. The van der Waals surface area contributed by atoms with Crippen molar-refractivity contribution in [1.29, 1.82) is 0 Å². The zero-order valence-corrected chi connectivity index (χ0v) is 16.5. The van der Waals surface area contributed by atoms with Crippen LogP contribution in [0.3, 0.4) is 0 Å². The summed E-state index contributed by atoms with van der Waals surface area (Å²) in [5.41, 5.74) is 3.21. The fourth-order valence-corrected chi connectivity index (χ4v) is 4.40. The first-order chi connectivity index (χ1) is 12.3. The van der Waals surface area contributed by atoms with Gasteiger partial charge in [-0.05, 0) is 45.1 Å². The average molecular weight is 358 g/mol. The Morgan fingerprint density at radius 2 is 1.88 bits per heavy atom. The minimum Gasteiger partial charge on any atom is -0.462 e. The largest absolute Gasteiger partial charge is 0.462 e. The Hall–Kier alpha value is -1.97. The summed E-state index contributed by atoms with van der Waals surface area (Å²) < 4.78 is 5.35. The monoisotopic (exact) mass is 358 g/mol. The van der Waals surface area contributed by atoms with E-state index < -0.39 is 0 Å². The molecule has 1 saturated carbocycles. The van der Waals surface area contributed by atoms with Crippen LogP contribution >= 0.6 is 0 Å². The molecule has 2 aliphatic rings. The summed E-state index contributed by atoms with van der Waals surface area (Å²) in [6.07, 6.45) is 8.74. The molecule has 142 valence electrons. The number of carbonyl (C=O) groups is 3. The summed E-state index contributed by atoms with van der Waals surface area (Å²) in [5, 5.41) is 0. The van der Waals surface area contributed by atoms with Gasteiger partial charge >= 0.3 is 5.97 Å². The molecule has 26 heavy (non-hydrogen) atoms. The molecule has 0 heterocycles. The highest BCUT2D eigenvalue weighted by atomic mass is 16.5. The summed E-state index contributed by atoms with van der Waals surface area (Å²) in [6.45, 7) is 9.56. The van der Waals surface area contributed by atoms with Gasteiger partial charge in [-0.3, -0.25) is 14.4 Å². The molecule has 4 nitrogen and oxygen atoms in total. The molecule has 0 aromatic rings. The molecule has 4 heteroatoms. The van der Waals surface area contributed by atoms with Crippen LogP contribution in [0.15, 0.2) is 34.9 Å². The molecule has 5 unspecified atom stereocenters. The van der Waals surface area contributed by atoms with Crippen molar-refractivity contribution in [1.82, 2.24) is 0 Å². The van der Waals surface area contributed by atoms with Gasteiger partial charge in [0.25, 0.3) is 0 Å². The van der Waals surface area contributed by atoms with Crippen LogP contribution in [0.1, 0.15) is 53.9 Å². The van der Waals surface area contributed by atoms with E-state index in [4.69, 9.17) is 4.74 Å². The van der Waals surface area contributed by atoms with Crippen molar-refractivity contribution >= 4 is 18.0 Å². The van der Waals surface area contributed by atoms with Crippen LogP contribution < -0.4 is 0 Å². The lowest BCUT2D eigenvalue weighted by atomic mass is 9.73. The third-order valence-electron chi connectivity index (χ3n) is 5.74. The number of ketones is 1. The molecule has 0 saturated heterocycles. The van der Waals surface area contributed by atoms with Crippen LogP contribution in [0.4, 0.5) is 0 Å². The number of rotatable bonds is 6. The minimum absolute atomic E-state index is 0.0778. The minimum atomic E-state index is -0.380. The summed E-state index contributed by atoms with van der Waals surface area (Å²) in [4.78, 5) is 35.7. The average Bonchev–Trinajstić information content (AvgIpc) is 3.07. The smallest absolute Gasteiger partial charge is 0.302 e. The van der Waals surface area contributed by atoms with Crippen LogP contribution in [0, 0.1) is 23.7 Å². The first kappa shape index (κ1) is 20.3. The predicted molar refractivity (Wildman–Crippen MR) is 101 cm³/mol. The number of ether oxygens (including phenoxy) is 1. The van der Waals surface area contributed by atoms with Crippen molar-refractivity contribution in [2.24, 2.45) is 23.7 Å². The first-order valence-corrected chi connectivity index (χ1v) is 9.41. The van der Waals surface area contributed by atoms with Crippen molar-refractivity contribution in [3.8, 4) is 0 Å². The molecule has 2 aliphatic carbocycles. The zero-order chi connectivity index (χ0) is 19.4. The second-order valence-electron chi connectivity index (χ2n) is 7.86. The van der Waals surface area contributed by atoms with Gasteiger partial charge in [-0.1, -0.05) is 36.3 Å². The molecule has 1 fully saturated rings. The maximum Gasteiger partial charge on any atom is 0.302 e. The second kappa shape index (κ2) is 8.61. The van der Waals surface area contributed by atoms with Crippen molar-refractivity contribution in [2.75, 3.05) is 0 Å². The van der Waals surface area contributed by atoms with Gasteiger partial charge in [-0.25, -0.2) is 0 Å². The Morgan fingerprint density at radius 1 is 1.19 bits per heavy atom. The van der Waals surface area contributed by atoms with Gasteiger partial charge < -0.3 is 4.74 Å². The quantitative estimate of drug-likeness (QED) is 0.405. The van der Waals surface area contributed by atoms with E-state index in [0.717, 1.165) is 24.7 Å². The van der Waals surface area contributed by atoms with E-state index in [1.165, 1.54) is 18.1 Å². The van der Waals surface area contributed by atoms with Gasteiger partial charge in [0.05, 0.1) is 0 Å². The maximum absolute atomic E-state index is 12.7. The van der Waals surface area contributed by atoms with Crippen molar-refractivity contribution in [3.05, 3.63) is 34.9 Å². The first-order valence-electron chi connectivity index (χ1n) is 9.41. The van der Waals surface area contributed by atoms with E-state index in [9.17, 15) is 14.4 Å². The topological polar surface area (TPSA) is 60.4 Å². The van der Waals surface area contributed by atoms with E-state index in [-0.39, 0.29) is 47.9 Å². The van der Waals surface area contributed by atoms with E-state index >= 15 is 0 Å². The number of carbonyl (C=O) groups excluding carboxylic acids is 3. The molecule has 2 rings (SSSR count). The fraction of sp³-hybridized carbons (Fsp3) is 0.591. The van der Waals surface area contributed by atoms with Crippen molar-refractivity contribution < 1.29 is 19.1 Å². The number of allylic oxidation sites excluding steroid dienone is 6. The lowest BCUT2D eigenvalue weighted by Crippen LogP contribution is -2.32. The van der Waals surface area contributed by atoms with E-state index in [1.807, 2.05) is 13.0 Å². The van der Waals surface area contributed by atoms with Crippen molar-refractivity contribution in [3.63, 3.8) is 0 Å². The van der Waals surface area contributed by atoms with Crippen LogP contribution in [-0.2, 0) is 19.1 Å². The Bertz CT molecular complexity index is 664. The van der Waals surface area contributed by atoms with Crippen LogP contribution in [0.25, 0.3) is 0 Å². The molecule has 0 bridgehead atoms. The van der Waals surface area contributed by atoms with Crippen LogP contribution in [0.5, 0.6) is 0 Å². The molecule has 0 aromatic heterocycles. The Kier molecular flexibility index (Phi) is 6.74. The highest BCUT2D eigenvalue weighted by Crippen LogP contribution is 2.48. The van der Waals surface area contributed by atoms with E-state index in [1.54, 1.807) is 0 Å². The number of hydrogen-bond donors (Lipinski definition) is 0. The Balaban J connectivity index is 2.26. The van der Waals surface area contributed by atoms with Gasteiger partial charge in [-0.2, -0.15) is 0 Å². The SMILES string of the molecule is CC(=O)OC1CC(=O)C(C2C(C=O)=CCC2C(C)=CCC=C(C)C)C1C. The summed E-state index contributed by atoms with van der Waals surface area (Å²) in [7, 11) is 0. The summed E-state index contributed by atoms with van der Waals surface area (Å²) in [6, 6.07) is 0. The van der Waals surface area contributed by atoms with Gasteiger partial charge in [0.15, 0.2) is 0 Å². The molecule has 0 spiro atoms. The number of Topliss-reactive ketones (excluding diaryl/α,β-unsaturated/α-hetero) is 1. The number of aldehydes is 1. The van der Waals surface area contributed by atoms with Gasteiger partial charge in [-0.15, -0.1) is 0 Å². The molecule has 0 radical (unpaired) electrons. The number of esters is 1. The Labute approximate surface area is 156 Å². The second-order valence-corrected chi connectivity index (χ2v) is 7.86. The molecule has 0 N–H and O–H groups in total. The third-order valence-corrected chi connectivity index (χ3v) is 5.74. The predicted octanol–water partition coefficient (Wildman–Crippen LogP) is 4.21. The molecule has 0 aromatic carbocycles. The maximum atomic E-state index is 12.7. The van der Waals surface area contributed by atoms with Gasteiger partial charge in [0, 0.05) is 31.1 Å². The standard InChI is InChI=1S/C22H30O4/c1-13(2)7-6-8-14(3)18-10-9-17(12-23)22(18)21-15(4)20(11-19(21)25)26-16(5)24/h7-9,12,15,18,20-22H,6,10-11H2,1-5H3. The van der Waals surface area contributed by atoms with Gasteiger partial charge in [0.1, 0.15) is 18.2 Å². The molecule has 0 aliphatic heterocycles. The molecule has 5 atom stereocenters. The normalized spacial score (nSPS) is 31.6. The highest BCUT2D eigenvalue weighted by molar-refractivity contribution is 5.88. The summed E-state index contributed by atoms with van der Waals surface area (Å²) in [5.74, 6) is -0.555. The molecular weight excluding hydrogens is 328 g/mol. The van der Waals surface area contributed by atoms with Crippen LogP contribution in [0.2, 0.25) is 0 Å². The molecular formula is C22H30O4. The van der Waals surface area contributed by atoms with Crippen LogP contribution in [-0.4, -0.2) is 24.1 Å². The van der Waals surface area contributed by atoms with E-state index in [2.05, 4.69) is 32.9 Å². The highest BCUT2D eigenvalue weighted by Gasteiger charge is 2.49. The van der Waals surface area contributed by atoms with E-state index in [0.29, 0.717) is 0 Å². The lowest BCUT2D eigenvalue weighted by molar-refractivity contribution is -0.148. The van der Waals surface area contributed by atoms with Gasteiger partial charge in [0.2, 0.25) is 0 Å². The van der Waals surface area contributed by atoms with Crippen molar-refractivity contribution in [2.45, 2.75) is 60.0 Å². The summed E-state index contributed by atoms with van der Waals surface area (Å²) >= 11 is 0. The zero-order valence-electron chi connectivity index (χ0n) is 16.5. The lowest BCUT2D eigenvalue weighted by Gasteiger charge is -2.30. The third kappa shape index (κ3) is 4.40. The molecule has 0 amide bonds. The number of hydrogen-bond acceptors (Lipinski definition) is 4. The fourth-order valence-electron chi connectivity index (χ4n) is 4.40.